The Morgan fingerprint density at radius 2 is 1.00 bits per heavy atom. The number of hydrogen-bond acceptors (Lipinski definition) is 1. The van der Waals surface area contributed by atoms with Crippen molar-refractivity contribution in [1.82, 2.24) is 0 Å². The standard InChI is InChI=1S/C26H51NO/c1-4-7-10-11-12-13-14-15-16-17-18-19-20-21-24-26(25(27)28,22-8-5-2)23-9-6-3/h15-16H,4-14,17-24H2,1-3H3,(H2,27,28). The van der Waals surface area contributed by atoms with E-state index in [2.05, 4.69) is 32.9 Å². The molecule has 166 valence electrons. The summed E-state index contributed by atoms with van der Waals surface area (Å²) in [5.74, 6) is -0.0490. The predicted molar refractivity (Wildman–Crippen MR) is 126 cm³/mol. The van der Waals surface area contributed by atoms with Crippen LogP contribution in [-0.4, -0.2) is 5.91 Å². The van der Waals surface area contributed by atoms with E-state index in [4.69, 9.17) is 5.73 Å². The molecule has 0 heterocycles. The highest BCUT2D eigenvalue weighted by atomic mass is 16.1. The van der Waals surface area contributed by atoms with Gasteiger partial charge in [0.1, 0.15) is 0 Å². The fraction of sp³-hybridized carbons (Fsp3) is 0.885. The summed E-state index contributed by atoms with van der Waals surface area (Å²) in [5.41, 5.74) is 5.63. The van der Waals surface area contributed by atoms with Gasteiger partial charge in [0.05, 0.1) is 0 Å². The lowest BCUT2D eigenvalue weighted by Gasteiger charge is -2.31. The van der Waals surface area contributed by atoms with Gasteiger partial charge in [-0.1, -0.05) is 110 Å². The van der Waals surface area contributed by atoms with E-state index in [1.807, 2.05) is 0 Å². The van der Waals surface area contributed by atoms with Crippen LogP contribution in [0.1, 0.15) is 143 Å². The number of carbonyl (C=O) groups excluding carboxylic acids is 1. The Kier molecular flexibility index (Phi) is 19.0. The molecule has 0 saturated carbocycles. The lowest BCUT2D eigenvalue weighted by Crippen LogP contribution is -2.37. The van der Waals surface area contributed by atoms with E-state index in [1.54, 1.807) is 0 Å². The van der Waals surface area contributed by atoms with Crippen LogP contribution in [0.4, 0.5) is 0 Å². The summed E-state index contributed by atoms with van der Waals surface area (Å²) in [4.78, 5) is 12.2. The first-order valence-electron chi connectivity index (χ1n) is 12.6. The van der Waals surface area contributed by atoms with Crippen LogP contribution in [0.2, 0.25) is 0 Å². The molecule has 0 aromatic rings. The molecular formula is C26H51NO. The van der Waals surface area contributed by atoms with E-state index >= 15 is 0 Å². The third-order valence-electron chi connectivity index (χ3n) is 6.21. The second-order valence-corrected chi connectivity index (χ2v) is 8.83. The van der Waals surface area contributed by atoms with E-state index in [0.717, 1.165) is 51.4 Å². The minimum Gasteiger partial charge on any atom is -0.369 e. The van der Waals surface area contributed by atoms with Gasteiger partial charge in [-0.3, -0.25) is 4.79 Å². The topological polar surface area (TPSA) is 43.1 Å². The summed E-state index contributed by atoms with van der Waals surface area (Å²) >= 11 is 0. The van der Waals surface area contributed by atoms with Crippen molar-refractivity contribution >= 4 is 5.91 Å². The molecule has 2 N–H and O–H groups in total. The summed E-state index contributed by atoms with van der Waals surface area (Å²) in [5, 5.41) is 0. The molecule has 0 bridgehead atoms. The lowest BCUT2D eigenvalue weighted by molar-refractivity contribution is -0.129. The van der Waals surface area contributed by atoms with Crippen molar-refractivity contribution in [2.75, 3.05) is 0 Å². The highest BCUT2D eigenvalue weighted by Gasteiger charge is 2.34. The smallest absolute Gasteiger partial charge is 0.223 e. The summed E-state index contributed by atoms with van der Waals surface area (Å²) in [7, 11) is 0. The van der Waals surface area contributed by atoms with Crippen molar-refractivity contribution in [3.63, 3.8) is 0 Å². The number of hydrogen-bond donors (Lipinski definition) is 1. The maximum Gasteiger partial charge on any atom is 0.223 e. The molecule has 0 aliphatic carbocycles. The minimum atomic E-state index is -0.233. The molecule has 0 aliphatic heterocycles. The van der Waals surface area contributed by atoms with Gasteiger partial charge in [0.25, 0.3) is 0 Å². The van der Waals surface area contributed by atoms with Crippen LogP contribution in [-0.2, 0) is 4.79 Å². The first-order valence-corrected chi connectivity index (χ1v) is 12.6. The Morgan fingerprint density at radius 3 is 1.46 bits per heavy atom. The number of allylic oxidation sites excluding steroid dienone is 2. The van der Waals surface area contributed by atoms with Crippen LogP contribution in [0.15, 0.2) is 12.2 Å². The SMILES string of the molecule is CCCCCCCCC=CCCCCCCC(CCCC)(CCCC)C(N)=O. The van der Waals surface area contributed by atoms with Crippen LogP contribution in [0.25, 0.3) is 0 Å². The Labute approximate surface area is 177 Å². The molecule has 0 rings (SSSR count). The fourth-order valence-electron chi connectivity index (χ4n) is 4.13. The van der Waals surface area contributed by atoms with Gasteiger partial charge in [-0.25, -0.2) is 0 Å². The first kappa shape index (κ1) is 27.2. The van der Waals surface area contributed by atoms with Crippen molar-refractivity contribution in [2.24, 2.45) is 11.1 Å². The average Bonchev–Trinajstić information content (AvgIpc) is 2.69. The van der Waals surface area contributed by atoms with E-state index < -0.39 is 0 Å². The van der Waals surface area contributed by atoms with Crippen LogP contribution in [0, 0.1) is 5.41 Å². The summed E-state index contributed by atoms with van der Waals surface area (Å²) < 4.78 is 0. The zero-order chi connectivity index (χ0) is 20.9. The maximum absolute atomic E-state index is 12.2. The van der Waals surface area contributed by atoms with Crippen molar-refractivity contribution < 1.29 is 4.79 Å². The zero-order valence-corrected chi connectivity index (χ0v) is 19.6. The van der Waals surface area contributed by atoms with E-state index in [0.29, 0.717) is 0 Å². The molecule has 0 aromatic heterocycles. The van der Waals surface area contributed by atoms with Crippen LogP contribution >= 0.6 is 0 Å². The van der Waals surface area contributed by atoms with Gasteiger partial charge in [0.2, 0.25) is 5.91 Å². The van der Waals surface area contributed by atoms with Gasteiger partial charge >= 0.3 is 0 Å². The number of nitrogens with two attached hydrogens (primary N) is 1. The van der Waals surface area contributed by atoms with Gasteiger partial charge in [0, 0.05) is 5.41 Å². The molecule has 1 amide bonds. The number of primary amides is 1. The van der Waals surface area contributed by atoms with Crippen molar-refractivity contribution in [3.8, 4) is 0 Å². The van der Waals surface area contributed by atoms with Crippen LogP contribution in [0.3, 0.4) is 0 Å². The van der Waals surface area contributed by atoms with Gasteiger partial charge in [-0.05, 0) is 44.9 Å². The highest BCUT2D eigenvalue weighted by molar-refractivity contribution is 5.80. The molecule has 0 unspecified atom stereocenters. The third-order valence-corrected chi connectivity index (χ3v) is 6.21. The molecule has 0 fully saturated rings. The predicted octanol–water partition coefficient (Wildman–Crippen LogP) is 8.49. The van der Waals surface area contributed by atoms with E-state index in [9.17, 15) is 4.79 Å². The maximum atomic E-state index is 12.2. The van der Waals surface area contributed by atoms with Gasteiger partial charge in [-0.2, -0.15) is 0 Å². The van der Waals surface area contributed by atoms with Gasteiger partial charge < -0.3 is 5.73 Å². The van der Waals surface area contributed by atoms with Crippen molar-refractivity contribution in [1.29, 1.82) is 0 Å². The summed E-state index contributed by atoms with van der Waals surface area (Å²) in [6.45, 7) is 6.67. The van der Waals surface area contributed by atoms with Crippen LogP contribution < -0.4 is 5.73 Å². The lowest BCUT2D eigenvalue weighted by atomic mass is 9.73. The second kappa shape index (κ2) is 19.5. The fourth-order valence-corrected chi connectivity index (χ4v) is 4.13. The monoisotopic (exact) mass is 393 g/mol. The zero-order valence-electron chi connectivity index (χ0n) is 19.6. The first-order chi connectivity index (χ1) is 13.6. The number of rotatable bonds is 21. The largest absolute Gasteiger partial charge is 0.369 e. The average molecular weight is 394 g/mol. The molecule has 0 aliphatic rings. The van der Waals surface area contributed by atoms with E-state index in [-0.39, 0.29) is 11.3 Å². The molecule has 0 saturated heterocycles. The normalized spacial score (nSPS) is 12.1. The van der Waals surface area contributed by atoms with Gasteiger partial charge in [0.15, 0.2) is 0 Å². The second-order valence-electron chi connectivity index (χ2n) is 8.83. The molecule has 2 heteroatoms. The van der Waals surface area contributed by atoms with Crippen LogP contribution in [0.5, 0.6) is 0 Å². The number of carbonyl (C=O) groups is 1. The number of amides is 1. The Hall–Kier alpha value is -0.790. The Morgan fingerprint density at radius 1 is 0.607 bits per heavy atom. The molecule has 2 nitrogen and oxygen atoms in total. The molecule has 28 heavy (non-hydrogen) atoms. The van der Waals surface area contributed by atoms with Crippen molar-refractivity contribution in [2.45, 2.75) is 143 Å². The molecule has 0 atom stereocenters. The highest BCUT2D eigenvalue weighted by Crippen LogP contribution is 2.36. The minimum absolute atomic E-state index is 0.0490. The van der Waals surface area contributed by atoms with E-state index in [1.165, 1.54) is 70.6 Å². The quantitative estimate of drug-likeness (QED) is 0.154. The van der Waals surface area contributed by atoms with Crippen molar-refractivity contribution in [3.05, 3.63) is 12.2 Å². The summed E-state index contributed by atoms with van der Waals surface area (Å²) in [6.07, 6.45) is 28.0. The molecule has 0 radical (unpaired) electrons. The van der Waals surface area contributed by atoms with Gasteiger partial charge in [-0.15, -0.1) is 0 Å². The number of unbranched alkanes of at least 4 members (excludes halogenated alkanes) is 12. The molecule has 0 spiro atoms. The Balaban J connectivity index is 3.86. The third kappa shape index (κ3) is 14.2. The summed E-state index contributed by atoms with van der Waals surface area (Å²) in [6, 6.07) is 0. The Bertz CT molecular complexity index is 367. The molecular weight excluding hydrogens is 342 g/mol. The molecule has 0 aromatic carbocycles.